The van der Waals surface area contributed by atoms with Crippen molar-refractivity contribution in [1.82, 2.24) is 5.01 Å². The molecule has 4 rings (SSSR count). The first kappa shape index (κ1) is 17.7. The second-order valence-corrected chi connectivity index (χ2v) is 7.36. The third-order valence-electron chi connectivity index (χ3n) is 5.53. The Hall–Kier alpha value is -2.65. The van der Waals surface area contributed by atoms with E-state index < -0.39 is 0 Å². The van der Waals surface area contributed by atoms with Crippen LogP contribution in [0.3, 0.4) is 0 Å². The van der Waals surface area contributed by atoms with Gasteiger partial charge in [0.15, 0.2) is 0 Å². The van der Waals surface area contributed by atoms with E-state index in [9.17, 15) is 0 Å². The minimum Gasteiger partial charge on any atom is -0.328 e. The number of benzene rings is 3. The van der Waals surface area contributed by atoms with E-state index in [0.717, 1.165) is 39.1 Å². The van der Waals surface area contributed by atoms with Crippen molar-refractivity contribution in [3.8, 4) is 0 Å². The van der Waals surface area contributed by atoms with Gasteiger partial charge in [0.05, 0.1) is 32.4 Å². The Kier molecular flexibility index (Phi) is 5.50. The van der Waals surface area contributed by atoms with Gasteiger partial charge >= 0.3 is 0 Å². The molecule has 1 aliphatic heterocycles. The molecule has 1 saturated heterocycles. The van der Waals surface area contributed by atoms with Crippen LogP contribution in [0.25, 0.3) is 10.8 Å². The predicted octanol–water partition coefficient (Wildman–Crippen LogP) is 3.14. The van der Waals surface area contributed by atoms with E-state index >= 15 is 0 Å². The topological polar surface area (TPSA) is 20.0 Å². The summed E-state index contributed by atoms with van der Waals surface area (Å²) in [5.41, 5.74) is 4.01. The lowest BCUT2D eigenvalue weighted by Gasteiger charge is -2.30. The molecule has 0 aromatic heterocycles. The van der Waals surface area contributed by atoms with Crippen LogP contribution >= 0.6 is 0 Å². The minimum absolute atomic E-state index is 1.02. The average Bonchev–Trinajstić information content (AvgIpc) is 2.74. The highest BCUT2D eigenvalue weighted by atomic mass is 15.5. The summed E-state index contributed by atoms with van der Waals surface area (Å²) in [5.74, 6) is 0. The molecule has 3 heteroatoms. The van der Waals surface area contributed by atoms with Gasteiger partial charge in [0.2, 0.25) is 0 Å². The molecule has 1 heterocycles. The highest BCUT2D eigenvalue weighted by Crippen LogP contribution is 2.17. The fourth-order valence-corrected chi connectivity index (χ4v) is 3.81. The van der Waals surface area contributed by atoms with Crippen molar-refractivity contribution in [1.29, 1.82) is 0 Å². The normalized spacial score (nSPS) is 15.7. The van der Waals surface area contributed by atoms with E-state index in [0.29, 0.717) is 0 Å². The van der Waals surface area contributed by atoms with E-state index in [1.165, 1.54) is 27.5 Å². The summed E-state index contributed by atoms with van der Waals surface area (Å²) in [5, 5.41) is 9.64. The molecule has 1 aliphatic rings. The largest absolute Gasteiger partial charge is 0.328 e. The average molecular weight is 359 g/mol. The van der Waals surface area contributed by atoms with Crippen molar-refractivity contribution < 1.29 is 4.90 Å². The van der Waals surface area contributed by atoms with Gasteiger partial charge in [0, 0.05) is 5.56 Å². The molecule has 0 saturated carbocycles. The second-order valence-electron chi connectivity index (χ2n) is 7.36. The standard InChI is InChI=1S/C24H27N3/c1-2-20-10-12-21(13-11-20)18-25-27-16-14-26(15-17-27)19-23-8-5-7-22-6-3-4-9-24(22)23/h3-13,18H,2,14-17,19H2,1H3/p+1/b25-18-. The number of hydrogen-bond donors (Lipinski definition) is 1. The molecule has 3 nitrogen and oxygen atoms in total. The molecule has 27 heavy (non-hydrogen) atoms. The van der Waals surface area contributed by atoms with Crippen LogP contribution in [0.4, 0.5) is 0 Å². The summed E-state index contributed by atoms with van der Waals surface area (Å²) in [6.07, 6.45) is 3.08. The molecule has 3 aromatic carbocycles. The third-order valence-corrected chi connectivity index (χ3v) is 5.53. The zero-order valence-electron chi connectivity index (χ0n) is 16.1. The molecule has 0 spiro atoms. The first-order chi connectivity index (χ1) is 13.3. The number of rotatable bonds is 5. The summed E-state index contributed by atoms with van der Waals surface area (Å²) >= 11 is 0. The molecular formula is C24H28N3+. The number of fused-ring (bicyclic) bond motifs is 1. The molecular weight excluding hydrogens is 330 g/mol. The van der Waals surface area contributed by atoms with Gasteiger partial charge in [-0.2, -0.15) is 5.10 Å². The number of quaternary nitrogens is 1. The van der Waals surface area contributed by atoms with Crippen molar-refractivity contribution in [2.45, 2.75) is 19.9 Å². The maximum absolute atomic E-state index is 4.70. The summed E-state index contributed by atoms with van der Waals surface area (Å²) < 4.78 is 0. The van der Waals surface area contributed by atoms with Gasteiger partial charge in [-0.05, 0) is 28.3 Å². The number of hydrogen-bond acceptors (Lipinski definition) is 2. The van der Waals surface area contributed by atoms with Gasteiger partial charge < -0.3 is 4.90 Å². The Morgan fingerprint density at radius 2 is 1.67 bits per heavy atom. The number of piperazine rings is 1. The Morgan fingerprint density at radius 3 is 2.44 bits per heavy atom. The lowest BCUT2D eigenvalue weighted by atomic mass is 10.0. The van der Waals surface area contributed by atoms with Crippen LogP contribution in [0.15, 0.2) is 71.8 Å². The van der Waals surface area contributed by atoms with Crippen LogP contribution in [-0.4, -0.2) is 37.4 Å². The SMILES string of the molecule is CCc1ccc(/C=N\N2CC[NH+](Cc3cccc4ccccc34)CC2)cc1. The fourth-order valence-electron chi connectivity index (χ4n) is 3.81. The van der Waals surface area contributed by atoms with Crippen molar-refractivity contribution in [3.63, 3.8) is 0 Å². The van der Waals surface area contributed by atoms with E-state index in [1.807, 2.05) is 6.21 Å². The molecule has 3 aromatic rings. The minimum atomic E-state index is 1.02. The van der Waals surface area contributed by atoms with E-state index in [1.54, 1.807) is 4.90 Å². The van der Waals surface area contributed by atoms with Gasteiger partial charge in [-0.1, -0.05) is 73.7 Å². The molecule has 0 unspecified atom stereocenters. The number of hydrazone groups is 1. The van der Waals surface area contributed by atoms with Crippen LogP contribution in [0.5, 0.6) is 0 Å². The molecule has 1 N–H and O–H groups in total. The van der Waals surface area contributed by atoms with Crippen LogP contribution in [0.2, 0.25) is 0 Å². The molecule has 0 bridgehead atoms. The predicted molar refractivity (Wildman–Crippen MR) is 113 cm³/mol. The quantitative estimate of drug-likeness (QED) is 0.695. The van der Waals surface area contributed by atoms with Gasteiger partial charge in [-0.25, -0.2) is 0 Å². The van der Waals surface area contributed by atoms with E-state index in [4.69, 9.17) is 5.10 Å². The first-order valence-electron chi connectivity index (χ1n) is 10.00. The Balaban J connectivity index is 1.34. The summed E-state index contributed by atoms with van der Waals surface area (Å²) in [7, 11) is 0. The number of nitrogens with one attached hydrogen (secondary N) is 1. The van der Waals surface area contributed by atoms with E-state index in [-0.39, 0.29) is 0 Å². The number of aryl methyl sites for hydroxylation is 1. The smallest absolute Gasteiger partial charge is 0.104 e. The Bertz CT molecular complexity index is 901. The monoisotopic (exact) mass is 358 g/mol. The molecule has 138 valence electrons. The van der Waals surface area contributed by atoms with Gasteiger partial charge in [0.1, 0.15) is 6.54 Å². The zero-order valence-corrected chi connectivity index (χ0v) is 16.1. The molecule has 1 fully saturated rings. The van der Waals surface area contributed by atoms with Crippen molar-refractivity contribution in [2.24, 2.45) is 5.10 Å². The second kappa shape index (κ2) is 8.36. The van der Waals surface area contributed by atoms with Gasteiger partial charge in [-0.15, -0.1) is 0 Å². The van der Waals surface area contributed by atoms with Crippen molar-refractivity contribution >= 4 is 17.0 Å². The zero-order chi connectivity index (χ0) is 18.5. The van der Waals surface area contributed by atoms with Gasteiger partial charge in [-0.3, -0.25) is 5.01 Å². The molecule has 0 amide bonds. The Labute approximate surface area is 161 Å². The molecule has 0 radical (unpaired) electrons. The first-order valence-corrected chi connectivity index (χ1v) is 10.00. The Morgan fingerprint density at radius 1 is 0.926 bits per heavy atom. The van der Waals surface area contributed by atoms with Crippen molar-refractivity contribution in [3.05, 3.63) is 83.4 Å². The van der Waals surface area contributed by atoms with Crippen LogP contribution < -0.4 is 4.90 Å². The lowest BCUT2D eigenvalue weighted by Crippen LogP contribution is -3.13. The third kappa shape index (κ3) is 4.37. The van der Waals surface area contributed by atoms with Crippen molar-refractivity contribution in [2.75, 3.05) is 26.2 Å². The highest BCUT2D eigenvalue weighted by molar-refractivity contribution is 5.85. The molecule has 0 aliphatic carbocycles. The van der Waals surface area contributed by atoms with Crippen LogP contribution in [-0.2, 0) is 13.0 Å². The van der Waals surface area contributed by atoms with E-state index in [2.05, 4.69) is 78.7 Å². The maximum Gasteiger partial charge on any atom is 0.104 e. The highest BCUT2D eigenvalue weighted by Gasteiger charge is 2.19. The summed E-state index contributed by atoms with van der Waals surface area (Å²) in [4.78, 5) is 1.64. The summed E-state index contributed by atoms with van der Waals surface area (Å²) in [6.45, 7) is 7.58. The maximum atomic E-state index is 4.70. The van der Waals surface area contributed by atoms with Gasteiger partial charge in [0.25, 0.3) is 0 Å². The van der Waals surface area contributed by atoms with Crippen LogP contribution in [0.1, 0.15) is 23.6 Å². The molecule has 0 atom stereocenters. The number of nitrogens with zero attached hydrogens (tertiary/aromatic N) is 2. The van der Waals surface area contributed by atoms with Crippen LogP contribution in [0, 0.1) is 0 Å². The summed E-state index contributed by atoms with van der Waals surface area (Å²) in [6, 6.07) is 24.1. The fraction of sp³-hybridized carbons (Fsp3) is 0.292. The lowest BCUT2D eigenvalue weighted by molar-refractivity contribution is -0.918.